The molecule has 1 aromatic rings. The fraction of sp³-hybridized carbons (Fsp3) is 0.333. The minimum atomic E-state index is -1.54. The number of carboxylic acids is 1. The van der Waals surface area contributed by atoms with Gasteiger partial charge in [0.1, 0.15) is 0 Å². The molecule has 0 aromatic heterocycles. The van der Waals surface area contributed by atoms with Crippen molar-refractivity contribution in [3.63, 3.8) is 0 Å². The normalized spacial score (nSPS) is 11.7. The molecular weight excluding hydrogens is 268 g/mol. The number of carbonyl (C=O) groups is 2. The van der Waals surface area contributed by atoms with E-state index < -0.39 is 22.9 Å². The van der Waals surface area contributed by atoms with E-state index in [2.05, 4.69) is 5.32 Å². The van der Waals surface area contributed by atoms with Crippen molar-refractivity contribution in [1.29, 1.82) is 0 Å². The molecule has 0 radical (unpaired) electrons. The molecule has 3 N–H and O–H groups in total. The third kappa shape index (κ3) is 4.65. The molecule has 0 aliphatic heterocycles. The van der Waals surface area contributed by atoms with Gasteiger partial charge in [0.05, 0.1) is 11.3 Å². The Labute approximate surface area is 114 Å². The molecule has 0 saturated heterocycles. The lowest BCUT2D eigenvalue weighted by Crippen LogP contribution is -2.31. The predicted octanol–water partition coefficient (Wildman–Crippen LogP) is 0.0891. The highest BCUT2D eigenvalue weighted by Crippen LogP contribution is 2.17. The Bertz CT molecular complexity index is 516. The van der Waals surface area contributed by atoms with Crippen molar-refractivity contribution in [2.45, 2.75) is 18.9 Å². The van der Waals surface area contributed by atoms with Crippen LogP contribution in [0.3, 0.4) is 0 Å². The lowest BCUT2D eigenvalue weighted by atomic mass is 10.1. The Morgan fingerprint density at radius 3 is 2.60 bits per heavy atom. The predicted molar refractivity (Wildman–Crippen MR) is 68.1 cm³/mol. The molecule has 8 nitrogen and oxygen atoms in total. The van der Waals surface area contributed by atoms with Gasteiger partial charge in [0, 0.05) is 24.6 Å². The zero-order chi connectivity index (χ0) is 15.1. The van der Waals surface area contributed by atoms with Crippen LogP contribution in [0.1, 0.15) is 12.0 Å². The van der Waals surface area contributed by atoms with E-state index in [-0.39, 0.29) is 30.6 Å². The molecule has 0 bridgehead atoms. The molecule has 1 atom stereocenters. The molecule has 20 heavy (non-hydrogen) atoms. The molecule has 1 rings (SSSR count). The van der Waals surface area contributed by atoms with Gasteiger partial charge in [0.15, 0.2) is 6.10 Å². The number of benzene rings is 1. The van der Waals surface area contributed by atoms with Gasteiger partial charge in [-0.2, -0.15) is 0 Å². The molecule has 1 amide bonds. The maximum absolute atomic E-state index is 11.6. The second kappa shape index (κ2) is 7.19. The number of aliphatic hydroxyl groups is 1. The first-order valence-corrected chi connectivity index (χ1v) is 5.81. The first-order chi connectivity index (χ1) is 9.41. The minimum Gasteiger partial charge on any atom is -0.479 e. The second-order valence-electron chi connectivity index (χ2n) is 4.06. The van der Waals surface area contributed by atoms with Crippen LogP contribution in [-0.2, 0) is 16.0 Å². The summed E-state index contributed by atoms with van der Waals surface area (Å²) in [5.41, 5.74) is 0.127. The van der Waals surface area contributed by atoms with E-state index in [0.29, 0.717) is 0 Å². The number of carboxylic acid groups (broad SMARTS) is 1. The van der Waals surface area contributed by atoms with Crippen LogP contribution in [0.2, 0.25) is 0 Å². The Hall–Kier alpha value is -2.48. The van der Waals surface area contributed by atoms with E-state index in [4.69, 9.17) is 10.2 Å². The monoisotopic (exact) mass is 282 g/mol. The van der Waals surface area contributed by atoms with Crippen molar-refractivity contribution in [1.82, 2.24) is 5.32 Å². The summed E-state index contributed by atoms with van der Waals surface area (Å²) in [5.74, 6) is -1.84. The number of nitro groups is 1. The third-order valence-electron chi connectivity index (χ3n) is 2.56. The van der Waals surface area contributed by atoms with Crippen LogP contribution in [-0.4, -0.2) is 39.7 Å². The minimum absolute atomic E-state index is 0.0209. The highest BCUT2D eigenvalue weighted by atomic mass is 16.6. The van der Waals surface area contributed by atoms with Gasteiger partial charge in [-0.1, -0.05) is 18.2 Å². The van der Waals surface area contributed by atoms with Crippen molar-refractivity contribution in [2.75, 3.05) is 6.54 Å². The molecule has 0 spiro atoms. The summed E-state index contributed by atoms with van der Waals surface area (Å²) in [5, 5.41) is 30.6. The number of para-hydroxylation sites is 1. The molecule has 0 saturated carbocycles. The maximum atomic E-state index is 11.6. The maximum Gasteiger partial charge on any atom is 0.332 e. The topological polar surface area (TPSA) is 130 Å². The number of hydrogen-bond acceptors (Lipinski definition) is 5. The van der Waals surface area contributed by atoms with Gasteiger partial charge >= 0.3 is 5.97 Å². The zero-order valence-electron chi connectivity index (χ0n) is 10.5. The summed E-state index contributed by atoms with van der Waals surface area (Å²) >= 11 is 0. The van der Waals surface area contributed by atoms with Crippen LogP contribution < -0.4 is 5.32 Å². The lowest BCUT2D eigenvalue weighted by Gasteiger charge is -2.07. The summed E-state index contributed by atoms with van der Waals surface area (Å²) < 4.78 is 0. The smallest absolute Gasteiger partial charge is 0.332 e. The summed E-state index contributed by atoms with van der Waals surface area (Å²) in [4.78, 5) is 32.1. The Morgan fingerprint density at radius 2 is 2.00 bits per heavy atom. The summed E-state index contributed by atoms with van der Waals surface area (Å²) in [6, 6.07) is 5.87. The molecule has 0 aliphatic rings. The third-order valence-corrected chi connectivity index (χ3v) is 2.56. The summed E-state index contributed by atoms with van der Waals surface area (Å²) in [7, 11) is 0. The van der Waals surface area contributed by atoms with Gasteiger partial charge in [0.2, 0.25) is 5.91 Å². The number of aliphatic hydroxyl groups excluding tert-OH is 1. The number of rotatable bonds is 7. The van der Waals surface area contributed by atoms with E-state index in [1.165, 1.54) is 18.2 Å². The second-order valence-corrected chi connectivity index (χ2v) is 4.06. The van der Waals surface area contributed by atoms with E-state index in [9.17, 15) is 19.7 Å². The molecule has 108 valence electrons. The number of carbonyl (C=O) groups excluding carboxylic acids is 1. The van der Waals surface area contributed by atoms with E-state index in [1.54, 1.807) is 6.07 Å². The average Bonchev–Trinajstić information content (AvgIpc) is 2.38. The largest absolute Gasteiger partial charge is 0.479 e. The Kier molecular flexibility index (Phi) is 5.60. The Balaban J connectivity index is 2.51. The first-order valence-electron chi connectivity index (χ1n) is 5.81. The van der Waals surface area contributed by atoms with Gasteiger partial charge < -0.3 is 15.5 Å². The number of amides is 1. The molecule has 1 aromatic carbocycles. The van der Waals surface area contributed by atoms with E-state index in [0.717, 1.165) is 0 Å². The highest BCUT2D eigenvalue weighted by Gasteiger charge is 2.16. The average molecular weight is 282 g/mol. The molecule has 0 heterocycles. The fourth-order valence-corrected chi connectivity index (χ4v) is 1.55. The molecule has 0 unspecified atom stereocenters. The van der Waals surface area contributed by atoms with Crippen LogP contribution >= 0.6 is 0 Å². The van der Waals surface area contributed by atoms with Crippen LogP contribution in [0.25, 0.3) is 0 Å². The van der Waals surface area contributed by atoms with Crippen molar-refractivity contribution in [3.05, 3.63) is 39.9 Å². The standard InChI is InChI=1S/C12H14N2O6/c15-10(12(17)18)5-6-13-11(16)7-8-3-1-2-4-9(8)14(19)20/h1-4,10,15H,5-7H2,(H,13,16)(H,17,18)/t10-/m0/s1. The zero-order valence-corrected chi connectivity index (χ0v) is 10.5. The van der Waals surface area contributed by atoms with Gasteiger partial charge in [-0.25, -0.2) is 4.79 Å². The number of aliphatic carboxylic acids is 1. The molecule has 0 fully saturated rings. The van der Waals surface area contributed by atoms with Crippen LogP contribution in [0, 0.1) is 10.1 Å². The summed E-state index contributed by atoms with van der Waals surface area (Å²) in [6.07, 6.45) is -1.85. The van der Waals surface area contributed by atoms with Crippen molar-refractivity contribution >= 4 is 17.6 Å². The van der Waals surface area contributed by atoms with E-state index in [1.807, 2.05) is 0 Å². The summed E-state index contributed by atoms with van der Waals surface area (Å²) in [6.45, 7) is -0.0209. The van der Waals surface area contributed by atoms with Crippen LogP contribution in [0.4, 0.5) is 5.69 Å². The number of nitrogens with one attached hydrogen (secondary N) is 1. The fourth-order valence-electron chi connectivity index (χ4n) is 1.55. The van der Waals surface area contributed by atoms with E-state index >= 15 is 0 Å². The van der Waals surface area contributed by atoms with Crippen LogP contribution in [0.5, 0.6) is 0 Å². The molecule has 0 aliphatic carbocycles. The Morgan fingerprint density at radius 1 is 1.35 bits per heavy atom. The highest BCUT2D eigenvalue weighted by molar-refractivity contribution is 5.79. The molecular formula is C12H14N2O6. The number of hydrogen-bond donors (Lipinski definition) is 3. The quantitative estimate of drug-likeness (QED) is 0.480. The van der Waals surface area contributed by atoms with Gasteiger partial charge in [-0.3, -0.25) is 14.9 Å². The number of nitrogens with zero attached hydrogens (tertiary/aromatic N) is 1. The van der Waals surface area contributed by atoms with Gasteiger partial charge in [-0.15, -0.1) is 0 Å². The lowest BCUT2D eigenvalue weighted by molar-refractivity contribution is -0.385. The van der Waals surface area contributed by atoms with Gasteiger partial charge in [-0.05, 0) is 0 Å². The van der Waals surface area contributed by atoms with Gasteiger partial charge in [0.25, 0.3) is 5.69 Å². The van der Waals surface area contributed by atoms with Crippen LogP contribution in [0.15, 0.2) is 24.3 Å². The number of nitro benzene ring substituents is 1. The SMILES string of the molecule is O=C(Cc1ccccc1[N+](=O)[O-])NCC[C@H](O)C(=O)O. The van der Waals surface area contributed by atoms with Crippen molar-refractivity contribution in [3.8, 4) is 0 Å². The van der Waals surface area contributed by atoms with Crippen molar-refractivity contribution < 1.29 is 24.7 Å². The van der Waals surface area contributed by atoms with Crippen molar-refractivity contribution in [2.24, 2.45) is 0 Å². The molecule has 8 heteroatoms. The first kappa shape index (κ1) is 15.6.